The molecular formula is C21H46O7. The Balaban J connectivity index is -0.000000441. The van der Waals surface area contributed by atoms with Crippen molar-refractivity contribution in [1.82, 2.24) is 0 Å². The van der Waals surface area contributed by atoms with Gasteiger partial charge in [-0.05, 0) is 19.3 Å². The fourth-order valence-corrected chi connectivity index (χ4v) is 1.84. The van der Waals surface area contributed by atoms with Crippen molar-refractivity contribution < 1.29 is 33.3 Å². The maximum absolute atomic E-state index is 11.4. The second kappa shape index (κ2) is 27.6. The summed E-state index contributed by atoms with van der Waals surface area (Å²) in [5, 5.41) is 0. The molecule has 0 fully saturated rings. The van der Waals surface area contributed by atoms with Gasteiger partial charge in [0, 0.05) is 19.3 Å². The highest BCUT2D eigenvalue weighted by Crippen LogP contribution is 2.02. The topological polar surface area (TPSA) is 88.1 Å². The van der Waals surface area contributed by atoms with Gasteiger partial charge in [0.2, 0.25) is 0 Å². The Bertz CT molecular complexity index is 357. The van der Waals surface area contributed by atoms with Crippen LogP contribution in [0.15, 0.2) is 0 Å². The van der Waals surface area contributed by atoms with Crippen molar-refractivity contribution in [3.05, 3.63) is 0 Å². The Morgan fingerprint density at radius 3 is 1.39 bits per heavy atom. The molecule has 7 nitrogen and oxygen atoms in total. The second-order valence-corrected chi connectivity index (χ2v) is 5.29. The van der Waals surface area contributed by atoms with Gasteiger partial charge in [-0.25, -0.2) is 0 Å². The van der Waals surface area contributed by atoms with Gasteiger partial charge in [-0.15, -0.1) is 0 Å². The number of hydrogen-bond acceptors (Lipinski definition) is 7. The molecule has 0 aliphatic carbocycles. The van der Waals surface area contributed by atoms with Gasteiger partial charge in [-0.3, -0.25) is 14.4 Å². The average Bonchev–Trinajstić information content (AvgIpc) is 2.57. The Morgan fingerprint density at radius 2 is 1.00 bits per heavy atom. The number of rotatable bonds is 15. The van der Waals surface area contributed by atoms with Crippen LogP contribution in [-0.2, 0) is 33.3 Å². The van der Waals surface area contributed by atoms with Gasteiger partial charge in [0.05, 0.1) is 20.3 Å². The monoisotopic (exact) mass is 410 g/mol. The van der Waals surface area contributed by atoms with Crippen LogP contribution in [-0.4, -0.2) is 51.4 Å². The minimum absolute atomic E-state index is 0. The summed E-state index contributed by atoms with van der Waals surface area (Å²) in [7, 11) is 1.34. The minimum Gasteiger partial charge on any atom is -0.469 e. The summed E-state index contributed by atoms with van der Waals surface area (Å²) < 4.78 is 19.7. The predicted molar refractivity (Wildman–Crippen MR) is 114 cm³/mol. The molecule has 0 saturated carbocycles. The lowest BCUT2D eigenvalue weighted by Gasteiger charge is -2.07. The summed E-state index contributed by atoms with van der Waals surface area (Å²) in [4.78, 5) is 33.6. The van der Waals surface area contributed by atoms with E-state index in [4.69, 9.17) is 14.2 Å². The zero-order valence-corrected chi connectivity index (χ0v) is 14.8. The van der Waals surface area contributed by atoms with Gasteiger partial charge in [0.1, 0.15) is 13.2 Å². The third-order valence-electron chi connectivity index (χ3n) is 3.21. The molecular weight excluding hydrogens is 364 g/mol. The first-order valence-corrected chi connectivity index (χ1v) is 8.56. The van der Waals surface area contributed by atoms with Crippen LogP contribution in [0.3, 0.4) is 0 Å². The van der Waals surface area contributed by atoms with Crippen molar-refractivity contribution >= 4 is 17.9 Å². The van der Waals surface area contributed by atoms with E-state index in [1.807, 2.05) is 0 Å². The molecule has 28 heavy (non-hydrogen) atoms. The molecule has 0 rings (SSSR count). The summed E-state index contributed by atoms with van der Waals surface area (Å²) in [6.45, 7) is 3.01. The van der Waals surface area contributed by atoms with Crippen LogP contribution < -0.4 is 0 Å². The summed E-state index contributed by atoms with van der Waals surface area (Å²) in [5.74, 6) is -0.793. The molecule has 0 radical (unpaired) electrons. The molecule has 0 spiro atoms. The molecule has 0 atom stereocenters. The molecule has 7 heteroatoms. The SMILES string of the molecule is C.C.C.C.CCCCCC(=O)OCCOCCOC(=O)CCCCC(=O)OC. The van der Waals surface area contributed by atoms with Crippen LogP contribution in [0.4, 0.5) is 0 Å². The van der Waals surface area contributed by atoms with E-state index in [0.717, 1.165) is 19.3 Å². The number of esters is 3. The third kappa shape index (κ3) is 26.6. The van der Waals surface area contributed by atoms with E-state index >= 15 is 0 Å². The number of carbonyl (C=O) groups is 3. The van der Waals surface area contributed by atoms with Gasteiger partial charge in [0.25, 0.3) is 0 Å². The molecule has 0 aromatic rings. The molecule has 0 unspecified atom stereocenters. The van der Waals surface area contributed by atoms with Crippen molar-refractivity contribution in [1.29, 1.82) is 0 Å². The number of methoxy groups -OCH3 is 1. The molecule has 0 amide bonds. The molecule has 0 aliphatic heterocycles. The summed E-state index contributed by atoms with van der Waals surface area (Å²) in [6.07, 6.45) is 5.16. The van der Waals surface area contributed by atoms with Crippen LogP contribution in [0.5, 0.6) is 0 Å². The highest BCUT2D eigenvalue weighted by molar-refractivity contribution is 5.70. The van der Waals surface area contributed by atoms with Gasteiger partial charge in [-0.1, -0.05) is 49.5 Å². The Hall–Kier alpha value is -1.63. The first kappa shape index (κ1) is 37.2. The van der Waals surface area contributed by atoms with Gasteiger partial charge >= 0.3 is 17.9 Å². The first-order valence-electron chi connectivity index (χ1n) is 8.56. The van der Waals surface area contributed by atoms with Gasteiger partial charge in [0.15, 0.2) is 0 Å². The van der Waals surface area contributed by atoms with E-state index in [2.05, 4.69) is 11.7 Å². The van der Waals surface area contributed by atoms with Crippen molar-refractivity contribution in [3.8, 4) is 0 Å². The zero-order chi connectivity index (χ0) is 18.0. The largest absolute Gasteiger partial charge is 0.469 e. The smallest absolute Gasteiger partial charge is 0.305 e. The number of hydrogen-bond donors (Lipinski definition) is 0. The van der Waals surface area contributed by atoms with E-state index in [-0.39, 0.29) is 80.5 Å². The van der Waals surface area contributed by atoms with Crippen molar-refractivity contribution in [3.63, 3.8) is 0 Å². The number of ether oxygens (including phenoxy) is 4. The van der Waals surface area contributed by atoms with E-state index < -0.39 is 0 Å². The van der Waals surface area contributed by atoms with Crippen LogP contribution in [0.2, 0.25) is 0 Å². The van der Waals surface area contributed by atoms with Gasteiger partial charge in [-0.2, -0.15) is 0 Å². The fraction of sp³-hybridized carbons (Fsp3) is 0.857. The number of carbonyl (C=O) groups excluding carboxylic acids is 3. The van der Waals surface area contributed by atoms with E-state index in [1.165, 1.54) is 7.11 Å². The average molecular weight is 411 g/mol. The molecule has 0 saturated heterocycles. The lowest BCUT2D eigenvalue weighted by atomic mass is 10.2. The molecule has 0 heterocycles. The van der Waals surface area contributed by atoms with E-state index in [1.54, 1.807) is 0 Å². The molecule has 0 bridgehead atoms. The second-order valence-electron chi connectivity index (χ2n) is 5.29. The first-order chi connectivity index (χ1) is 11.6. The normalized spacial score (nSPS) is 8.79. The maximum Gasteiger partial charge on any atom is 0.305 e. The lowest BCUT2D eigenvalue weighted by molar-refractivity contribution is -0.147. The van der Waals surface area contributed by atoms with Crippen LogP contribution in [0.1, 0.15) is 88.0 Å². The summed E-state index contributed by atoms with van der Waals surface area (Å²) in [5.41, 5.74) is 0. The Kier molecular flexibility index (Phi) is 36.6. The van der Waals surface area contributed by atoms with Gasteiger partial charge < -0.3 is 18.9 Å². The minimum atomic E-state index is -0.314. The Labute approximate surface area is 173 Å². The molecule has 0 N–H and O–H groups in total. The van der Waals surface area contributed by atoms with Crippen LogP contribution in [0, 0.1) is 0 Å². The summed E-state index contributed by atoms with van der Waals surface area (Å²) >= 11 is 0. The predicted octanol–water partition coefficient (Wildman–Crippen LogP) is 4.95. The molecule has 0 aliphatic rings. The van der Waals surface area contributed by atoms with E-state index in [0.29, 0.717) is 25.7 Å². The Morgan fingerprint density at radius 1 is 0.607 bits per heavy atom. The number of unbranched alkanes of at least 4 members (excludes halogenated alkanes) is 3. The zero-order valence-electron chi connectivity index (χ0n) is 14.8. The highest BCUT2D eigenvalue weighted by Gasteiger charge is 2.05. The standard InChI is InChI=1S/C17H30O7.4CH4/c1-3-4-5-9-16(19)23-13-11-22-12-14-24-17(20)10-7-6-8-15(18)21-2;;;;/h3-14H2,1-2H3;4*1H4. The molecule has 172 valence electrons. The maximum atomic E-state index is 11.4. The molecule has 0 aromatic carbocycles. The molecule has 0 aromatic heterocycles. The van der Waals surface area contributed by atoms with Crippen molar-refractivity contribution in [2.45, 2.75) is 88.0 Å². The van der Waals surface area contributed by atoms with Crippen molar-refractivity contribution in [2.75, 3.05) is 33.5 Å². The van der Waals surface area contributed by atoms with Crippen molar-refractivity contribution in [2.24, 2.45) is 0 Å². The van der Waals surface area contributed by atoms with Crippen LogP contribution in [0.25, 0.3) is 0 Å². The lowest BCUT2D eigenvalue weighted by Crippen LogP contribution is -2.14. The quantitative estimate of drug-likeness (QED) is 0.214. The summed E-state index contributed by atoms with van der Waals surface area (Å²) in [6, 6.07) is 0. The fourth-order valence-electron chi connectivity index (χ4n) is 1.84. The third-order valence-corrected chi connectivity index (χ3v) is 3.21. The highest BCUT2D eigenvalue weighted by atomic mass is 16.6. The van der Waals surface area contributed by atoms with E-state index in [9.17, 15) is 14.4 Å². The van der Waals surface area contributed by atoms with Crippen LogP contribution >= 0.6 is 0 Å².